The van der Waals surface area contributed by atoms with E-state index >= 15 is 0 Å². The number of alkyl carbamates (subject to hydrolysis) is 1. The molecule has 146 valence electrons. The Kier molecular flexibility index (Phi) is 7.74. The van der Waals surface area contributed by atoms with Crippen molar-refractivity contribution in [1.29, 1.82) is 0 Å². The summed E-state index contributed by atoms with van der Waals surface area (Å²) in [5.41, 5.74) is -0.0320. The number of nitrogens with one attached hydrogen (secondary N) is 2. The third kappa shape index (κ3) is 7.51. The van der Waals surface area contributed by atoms with Crippen molar-refractivity contribution in [2.45, 2.75) is 64.5 Å². The minimum absolute atomic E-state index is 0.0882. The Morgan fingerprint density at radius 2 is 1.88 bits per heavy atom. The molecule has 0 spiro atoms. The van der Waals surface area contributed by atoms with Crippen LogP contribution in [0.3, 0.4) is 0 Å². The molecule has 2 N–H and O–H groups in total. The van der Waals surface area contributed by atoms with E-state index in [0.717, 1.165) is 0 Å². The second-order valence-electron chi connectivity index (χ2n) is 7.50. The van der Waals surface area contributed by atoms with E-state index in [0.29, 0.717) is 12.0 Å². The quantitative estimate of drug-likeness (QED) is 0.786. The lowest BCUT2D eigenvalue weighted by Gasteiger charge is -2.24. The van der Waals surface area contributed by atoms with E-state index in [1.165, 1.54) is 12.1 Å². The molecule has 6 nitrogen and oxygen atoms in total. The third-order valence-electron chi connectivity index (χ3n) is 3.19. The molecule has 1 aromatic carbocycles. The molecule has 1 rings (SSSR count). The Hall–Kier alpha value is -1.96. The number of carbonyl (C=O) groups excluding carboxylic acids is 2. The Balaban J connectivity index is 2.85. The van der Waals surface area contributed by atoms with Gasteiger partial charge in [-0.25, -0.2) is 13.4 Å². The zero-order chi connectivity index (χ0) is 20.1. The lowest BCUT2D eigenvalue weighted by Crippen LogP contribution is -2.49. The Morgan fingerprint density at radius 3 is 2.38 bits per heavy atom. The first-order valence-corrected chi connectivity index (χ1v) is 9.52. The molecule has 0 heterocycles. The van der Waals surface area contributed by atoms with Crippen LogP contribution in [0.15, 0.2) is 23.1 Å². The number of halogens is 1. The molecule has 0 aliphatic rings. The van der Waals surface area contributed by atoms with Crippen molar-refractivity contribution in [2.75, 3.05) is 0 Å². The highest BCUT2D eigenvalue weighted by Gasteiger charge is 2.26. The number of hydrogen-bond acceptors (Lipinski definition) is 4. The van der Waals surface area contributed by atoms with E-state index in [1.54, 1.807) is 33.8 Å². The van der Waals surface area contributed by atoms with Crippen molar-refractivity contribution in [3.63, 3.8) is 0 Å². The second-order valence-corrected chi connectivity index (χ2v) is 8.68. The average Bonchev–Trinajstić information content (AvgIpc) is 2.43. The minimum Gasteiger partial charge on any atom is -0.444 e. The highest BCUT2D eigenvalue weighted by atomic mass is 32.2. The molecule has 2 amide bonds. The summed E-state index contributed by atoms with van der Waals surface area (Å²) >= 11 is 0. The van der Waals surface area contributed by atoms with E-state index in [1.807, 2.05) is 13.8 Å². The van der Waals surface area contributed by atoms with Crippen molar-refractivity contribution in [1.82, 2.24) is 10.0 Å². The molecule has 0 fully saturated rings. The van der Waals surface area contributed by atoms with E-state index < -0.39 is 40.4 Å². The first kappa shape index (κ1) is 22.1. The van der Waals surface area contributed by atoms with Crippen LogP contribution >= 0.6 is 0 Å². The van der Waals surface area contributed by atoms with E-state index in [4.69, 9.17) is 4.74 Å². The standard InChI is InChI=1S/C18H27FN2O4S/c1-11(2)9-14(20-17(23)25-18(4,5)6)16(22)21-26(24)15-8-7-12(3)10-13(15)19/h7-8,10-11,14H,9H2,1-6H3,(H,20,23)(H,21,22). The van der Waals surface area contributed by atoms with Gasteiger partial charge in [0.1, 0.15) is 17.5 Å². The van der Waals surface area contributed by atoms with Crippen LogP contribution in [0.2, 0.25) is 0 Å². The maximum absolute atomic E-state index is 13.9. The summed E-state index contributed by atoms with van der Waals surface area (Å²) in [6, 6.07) is 3.26. The number of ether oxygens (including phenoxy) is 1. The number of rotatable bonds is 6. The summed E-state index contributed by atoms with van der Waals surface area (Å²) in [6.07, 6.45) is -0.427. The van der Waals surface area contributed by atoms with Gasteiger partial charge in [-0.05, 0) is 57.7 Å². The van der Waals surface area contributed by atoms with E-state index in [9.17, 15) is 18.2 Å². The summed E-state index contributed by atoms with van der Waals surface area (Å²) < 4.78 is 33.6. The molecular formula is C18H27FN2O4S. The lowest BCUT2D eigenvalue weighted by molar-refractivity contribution is -0.121. The van der Waals surface area contributed by atoms with Gasteiger partial charge in [0, 0.05) is 0 Å². The maximum Gasteiger partial charge on any atom is 0.408 e. The molecule has 0 bridgehead atoms. The largest absolute Gasteiger partial charge is 0.444 e. The van der Waals surface area contributed by atoms with Crippen LogP contribution in [0.4, 0.5) is 9.18 Å². The normalized spacial score (nSPS) is 13.8. The molecular weight excluding hydrogens is 359 g/mol. The Morgan fingerprint density at radius 1 is 1.27 bits per heavy atom. The number of hydrogen-bond donors (Lipinski definition) is 2. The highest BCUT2D eigenvalue weighted by molar-refractivity contribution is 7.83. The summed E-state index contributed by atoms with van der Waals surface area (Å²) in [4.78, 5) is 24.3. The third-order valence-corrected chi connectivity index (χ3v) is 4.31. The topological polar surface area (TPSA) is 84.5 Å². The maximum atomic E-state index is 13.9. The van der Waals surface area contributed by atoms with Crippen LogP contribution in [-0.4, -0.2) is 27.9 Å². The predicted octanol–water partition coefficient (Wildman–Crippen LogP) is 3.21. The molecule has 2 unspecified atom stereocenters. The summed E-state index contributed by atoms with van der Waals surface area (Å²) in [6.45, 7) is 10.6. The van der Waals surface area contributed by atoms with Crippen LogP contribution in [-0.2, 0) is 20.5 Å². The Labute approximate surface area is 156 Å². The monoisotopic (exact) mass is 386 g/mol. The van der Waals surface area contributed by atoms with Crippen molar-refractivity contribution < 1.29 is 22.9 Å². The fourth-order valence-electron chi connectivity index (χ4n) is 2.13. The molecule has 8 heteroatoms. The first-order valence-electron chi connectivity index (χ1n) is 8.37. The summed E-state index contributed by atoms with van der Waals surface area (Å²) in [5, 5.41) is 2.48. The molecule has 2 atom stereocenters. The van der Waals surface area contributed by atoms with Crippen LogP contribution in [0, 0.1) is 18.7 Å². The minimum atomic E-state index is -2.07. The van der Waals surface area contributed by atoms with Crippen molar-refractivity contribution in [3.05, 3.63) is 29.6 Å². The van der Waals surface area contributed by atoms with Gasteiger partial charge >= 0.3 is 6.09 Å². The van der Waals surface area contributed by atoms with Gasteiger partial charge < -0.3 is 10.1 Å². The van der Waals surface area contributed by atoms with Gasteiger partial charge in [0.05, 0.1) is 4.90 Å². The van der Waals surface area contributed by atoms with Gasteiger partial charge in [-0.2, -0.15) is 0 Å². The fraction of sp³-hybridized carbons (Fsp3) is 0.556. The first-order chi connectivity index (χ1) is 11.9. The van der Waals surface area contributed by atoms with Crippen LogP contribution in [0.5, 0.6) is 0 Å². The predicted molar refractivity (Wildman–Crippen MR) is 98.3 cm³/mol. The smallest absolute Gasteiger partial charge is 0.408 e. The number of aryl methyl sites for hydroxylation is 1. The Bertz CT molecular complexity index is 686. The second kappa shape index (κ2) is 9.12. The summed E-state index contributed by atoms with van der Waals surface area (Å²) in [7, 11) is -2.07. The van der Waals surface area contributed by atoms with Crippen LogP contribution in [0.25, 0.3) is 0 Å². The zero-order valence-corrected chi connectivity index (χ0v) is 16.8. The van der Waals surface area contributed by atoms with Crippen molar-refractivity contribution in [2.24, 2.45) is 5.92 Å². The zero-order valence-electron chi connectivity index (χ0n) is 16.0. The summed E-state index contributed by atoms with van der Waals surface area (Å²) in [5.74, 6) is -1.24. The molecule has 0 radical (unpaired) electrons. The van der Waals surface area contributed by atoms with Gasteiger partial charge in [-0.3, -0.25) is 9.52 Å². The van der Waals surface area contributed by atoms with E-state index in [-0.39, 0.29) is 10.8 Å². The number of carbonyl (C=O) groups is 2. The van der Waals surface area contributed by atoms with Crippen LogP contribution in [0.1, 0.15) is 46.6 Å². The van der Waals surface area contributed by atoms with Crippen molar-refractivity contribution in [3.8, 4) is 0 Å². The van der Waals surface area contributed by atoms with Gasteiger partial charge in [-0.15, -0.1) is 0 Å². The molecule has 0 saturated heterocycles. The number of benzene rings is 1. The molecule has 0 saturated carbocycles. The van der Waals surface area contributed by atoms with Crippen LogP contribution < -0.4 is 10.0 Å². The molecule has 26 heavy (non-hydrogen) atoms. The lowest BCUT2D eigenvalue weighted by atomic mass is 10.0. The molecule has 0 aliphatic heterocycles. The molecule has 0 aliphatic carbocycles. The SMILES string of the molecule is Cc1ccc(S(=O)NC(=O)C(CC(C)C)NC(=O)OC(C)(C)C)c(F)c1. The van der Waals surface area contributed by atoms with Gasteiger partial charge in [0.15, 0.2) is 11.0 Å². The number of amides is 2. The van der Waals surface area contributed by atoms with Gasteiger partial charge in [0.2, 0.25) is 0 Å². The fourth-order valence-corrected chi connectivity index (χ4v) is 2.99. The highest BCUT2D eigenvalue weighted by Crippen LogP contribution is 2.14. The molecule has 1 aromatic rings. The van der Waals surface area contributed by atoms with Gasteiger partial charge in [-0.1, -0.05) is 19.9 Å². The van der Waals surface area contributed by atoms with E-state index in [2.05, 4.69) is 10.0 Å². The van der Waals surface area contributed by atoms with Gasteiger partial charge in [0.25, 0.3) is 5.91 Å². The van der Waals surface area contributed by atoms with Crippen molar-refractivity contribution >= 4 is 23.0 Å². The average molecular weight is 386 g/mol. The molecule has 0 aromatic heterocycles.